The van der Waals surface area contributed by atoms with E-state index in [0.29, 0.717) is 13.3 Å². The maximum Gasteiger partial charge on any atom is 0.231 e. The summed E-state index contributed by atoms with van der Waals surface area (Å²) in [6.45, 7) is 6.19. The molecule has 20 heavy (non-hydrogen) atoms. The van der Waals surface area contributed by atoms with E-state index in [0.717, 1.165) is 42.7 Å². The monoisotopic (exact) mass is 275 g/mol. The first-order chi connectivity index (χ1) is 9.86. The number of rotatable bonds is 3. The van der Waals surface area contributed by atoms with Crippen LogP contribution in [0.3, 0.4) is 0 Å². The number of nitrogens with zero attached hydrogens (tertiary/aromatic N) is 2. The van der Waals surface area contributed by atoms with Crippen molar-refractivity contribution in [2.45, 2.75) is 26.3 Å². The van der Waals surface area contributed by atoms with Crippen molar-refractivity contribution in [3.63, 3.8) is 0 Å². The van der Waals surface area contributed by atoms with Crippen molar-refractivity contribution < 1.29 is 9.47 Å². The van der Waals surface area contributed by atoms with Gasteiger partial charge in [0, 0.05) is 19.6 Å². The predicted molar refractivity (Wildman–Crippen MR) is 78.2 cm³/mol. The quantitative estimate of drug-likeness (QED) is 0.677. The summed E-state index contributed by atoms with van der Waals surface area (Å²) in [7, 11) is 0. The van der Waals surface area contributed by atoms with Gasteiger partial charge < -0.3 is 19.7 Å². The average Bonchev–Trinajstić information content (AvgIpc) is 3.13. The van der Waals surface area contributed by atoms with Gasteiger partial charge in [-0.1, -0.05) is 6.07 Å². The first-order valence-electron chi connectivity index (χ1n) is 7.28. The number of hydrogen-bond donors (Lipinski definition) is 1. The Bertz CT molecular complexity index is 496. The maximum atomic E-state index is 5.40. The molecule has 0 aliphatic carbocycles. The first kappa shape index (κ1) is 13.1. The third-order valence-corrected chi connectivity index (χ3v) is 3.59. The lowest BCUT2D eigenvalue weighted by Gasteiger charge is -2.20. The Morgan fingerprint density at radius 2 is 2.05 bits per heavy atom. The minimum Gasteiger partial charge on any atom is -0.454 e. The van der Waals surface area contributed by atoms with E-state index in [-0.39, 0.29) is 0 Å². The number of ether oxygens (including phenoxy) is 2. The lowest BCUT2D eigenvalue weighted by Crippen LogP contribution is -2.39. The summed E-state index contributed by atoms with van der Waals surface area (Å²) in [6, 6.07) is 6.01. The van der Waals surface area contributed by atoms with Gasteiger partial charge in [0.1, 0.15) is 0 Å². The van der Waals surface area contributed by atoms with Crippen molar-refractivity contribution in [2.24, 2.45) is 4.99 Å². The highest BCUT2D eigenvalue weighted by Gasteiger charge is 2.16. The topological polar surface area (TPSA) is 46.1 Å². The molecule has 0 bridgehead atoms. The second kappa shape index (κ2) is 6.03. The van der Waals surface area contributed by atoms with Gasteiger partial charge in [0.25, 0.3) is 0 Å². The molecule has 1 aromatic rings. The molecule has 0 spiro atoms. The summed E-state index contributed by atoms with van der Waals surface area (Å²) in [6.07, 6.45) is 2.52. The Balaban J connectivity index is 1.70. The molecule has 0 atom stereocenters. The largest absolute Gasteiger partial charge is 0.454 e. The molecule has 108 valence electrons. The fourth-order valence-electron chi connectivity index (χ4n) is 2.56. The zero-order valence-corrected chi connectivity index (χ0v) is 11.9. The molecule has 5 heteroatoms. The number of guanidine groups is 1. The van der Waals surface area contributed by atoms with Crippen molar-refractivity contribution in [1.82, 2.24) is 10.2 Å². The maximum absolute atomic E-state index is 5.40. The molecule has 1 fully saturated rings. The molecular weight excluding hydrogens is 254 g/mol. The van der Waals surface area contributed by atoms with E-state index in [4.69, 9.17) is 14.5 Å². The second-order valence-electron chi connectivity index (χ2n) is 5.05. The summed E-state index contributed by atoms with van der Waals surface area (Å²) < 4.78 is 10.7. The second-order valence-corrected chi connectivity index (χ2v) is 5.05. The van der Waals surface area contributed by atoms with Crippen LogP contribution in [0.25, 0.3) is 0 Å². The van der Waals surface area contributed by atoms with Gasteiger partial charge in [0.15, 0.2) is 17.5 Å². The fourth-order valence-corrected chi connectivity index (χ4v) is 2.56. The molecule has 1 N–H and O–H groups in total. The Morgan fingerprint density at radius 3 is 2.85 bits per heavy atom. The highest BCUT2D eigenvalue weighted by atomic mass is 16.7. The number of benzene rings is 1. The van der Waals surface area contributed by atoms with Crippen LogP contribution in [0.4, 0.5) is 0 Å². The standard InChI is InChI=1S/C15H21N3O2/c1-2-16-15(18-7-3-4-8-18)17-10-12-5-6-13-14(9-12)20-11-19-13/h5-6,9H,2-4,7-8,10-11H2,1H3,(H,16,17). The van der Waals surface area contributed by atoms with E-state index in [2.05, 4.69) is 17.1 Å². The summed E-state index contributed by atoms with van der Waals surface area (Å²) >= 11 is 0. The van der Waals surface area contributed by atoms with Gasteiger partial charge in [0.2, 0.25) is 6.79 Å². The third-order valence-electron chi connectivity index (χ3n) is 3.59. The lowest BCUT2D eigenvalue weighted by atomic mass is 10.2. The van der Waals surface area contributed by atoms with Crippen LogP contribution in [0.2, 0.25) is 0 Å². The van der Waals surface area contributed by atoms with Crippen LogP contribution in [0.5, 0.6) is 11.5 Å². The van der Waals surface area contributed by atoms with Crippen molar-refractivity contribution >= 4 is 5.96 Å². The summed E-state index contributed by atoms with van der Waals surface area (Å²) in [4.78, 5) is 7.06. The number of likely N-dealkylation sites (tertiary alicyclic amines) is 1. The van der Waals surface area contributed by atoms with Gasteiger partial charge in [-0.25, -0.2) is 4.99 Å². The number of nitrogens with one attached hydrogen (secondary N) is 1. The smallest absolute Gasteiger partial charge is 0.231 e. The van der Waals surface area contributed by atoms with Gasteiger partial charge in [-0.05, 0) is 37.5 Å². The molecule has 0 aromatic heterocycles. The van der Waals surface area contributed by atoms with Crippen LogP contribution in [-0.4, -0.2) is 37.3 Å². The Morgan fingerprint density at radius 1 is 1.25 bits per heavy atom. The number of hydrogen-bond acceptors (Lipinski definition) is 3. The zero-order valence-electron chi connectivity index (χ0n) is 11.9. The summed E-state index contributed by atoms with van der Waals surface area (Å²) in [5, 5.41) is 3.37. The molecule has 2 aliphatic rings. The van der Waals surface area contributed by atoms with Gasteiger partial charge in [-0.2, -0.15) is 0 Å². The van der Waals surface area contributed by atoms with Gasteiger partial charge in [-0.3, -0.25) is 0 Å². The fraction of sp³-hybridized carbons (Fsp3) is 0.533. The van der Waals surface area contributed by atoms with Crippen molar-refractivity contribution in [1.29, 1.82) is 0 Å². The predicted octanol–water partition coefficient (Wildman–Crippen LogP) is 1.98. The van der Waals surface area contributed by atoms with E-state index in [9.17, 15) is 0 Å². The molecule has 5 nitrogen and oxygen atoms in total. The van der Waals surface area contributed by atoms with E-state index < -0.39 is 0 Å². The Hall–Kier alpha value is -1.91. The van der Waals surface area contributed by atoms with E-state index in [1.54, 1.807) is 0 Å². The van der Waals surface area contributed by atoms with Crippen LogP contribution in [0.15, 0.2) is 23.2 Å². The van der Waals surface area contributed by atoms with Crippen molar-refractivity contribution in [3.8, 4) is 11.5 Å². The summed E-state index contributed by atoms with van der Waals surface area (Å²) in [5.74, 6) is 2.66. The molecule has 0 amide bonds. The highest BCUT2D eigenvalue weighted by molar-refractivity contribution is 5.80. The Kier molecular flexibility index (Phi) is 3.95. The summed E-state index contributed by atoms with van der Waals surface area (Å²) in [5.41, 5.74) is 1.14. The minimum atomic E-state index is 0.318. The third kappa shape index (κ3) is 2.81. The lowest BCUT2D eigenvalue weighted by molar-refractivity contribution is 0.174. The van der Waals surface area contributed by atoms with Crippen molar-refractivity contribution in [2.75, 3.05) is 26.4 Å². The van der Waals surface area contributed by atoms with Crippen LogP contribution < -0.4 is 14.8 Å². The first-order valence-corrected chi connectivity index (χ1v) is 7.28. The molecule has 0 radical (unpaired) electrons. The highest BCUT2D eigenvalue weighted by Crippen LogP contribution is 2.32. The van der Waals surface area contributed by atoms with Crippen molar-refractivity contribution in [3.05, 3.63) is 23.8 Å². The normalized spacial score (nSPS) is 17.6. The molecule has 3 rings (SSSR count). The van der Waals surface area contributed by atoms with E-state index in [1.165, 1.54) is 12.8 Å². The van der Waals surface area contributed by atoms with Crippen LogP contribution in [0, 0.1) is 0 Å². The molecule has 2 aliphatic heterocycles. The Labute approximate surface area is 119 Å². The van der Waals surface area contributed by atoms with Gasteiger partial charge >= 0.3 is 0 Å². The SMILES string of the molecule is CCNC(=NCc1ccc2c(c1)OCO2)N1CCCC1. The van der Waals surface area contributed by atoms with Crippen LogP contribution in [0.1, 0.15) is 25.3 Å². The average molecular weight is 275 g/mol. The molecule has 1 saturated heterocycles. The minimum absolute atomic E-state index is 0.318. The number of aliphatic imine (C=N–C) groups is 1. The molecule has 2 heterocycles. The van der Waals surface area contributed by atoms with Gasteiger partial charge in [-0.15, -0.1) is 0 Å². The van der Waals surface area contributed by atoms with Gasteiger partial charge in [0.05, 0.1) is 6.54 Å². The molecule has 0 saturated carbocycles. The van der Waals surface area contributed by atoms with E-state index >= 15 is 0 Å². The molecule has 1 aromatic carbocycles. The molecular formula is C15H21N3O2. The number of fused-ring (bicyclic) bond motifs is 1. The van der Waals surface area contributed by atoms with Crippen LogP contribution >= 0.6 is 0 Å². The van der Waals surface area contributed by atoms with Crippen LogP contribution in [-0.2, 0) is 6.54 Å². The zero-order chi connectivity index (χ0) is 13.8. The molecule has 0 unspecified atom stereocenters. The van der Waals surface area contributed by atoms with E-state index in [1.807, 2.05) is 18.2 Å².